The molecule has 2 N–H and O–H groups in total. The Kier molecular flexibility index (Phi) is 4.84. The van der Waals surface area contributed by atoms with Gasteiger partial charge in [0.05, 0.1) is 0 Å². The molecule has 0 saturated carbocycles. The minimum atomic E-state index is -0.0107. The first-order chi connectivity index (χ1) is 11.1. The van der Waals surface area contributed by atoms with Crippen LogP contribution in [0.3, 0.4) is 0 Å². The van der Waals surface area contributed by atoms with E-state index in [1.165, 1.54) is 16.9 Å². The summed E-state index contributed by atoms with van der Waals surface area (Å²) in [5, 5.41) is 3.32. The summed E-state index contributed by atoms with van der Waals surface area (Å²) >= 11 is 7.54. The molecule has 1 aromatic heterocycles. The fourth-order valence-electron chi connectivity index (χ4n) is 2.74. The number of halogens is 1. The zero-order chi connectivity index (χ0) is 16.4. The second-order valence-electron chi connectivity index (χ2n) is 5.54. The van der Waals surface area contributed by atoms with Crippen LogP contribution in [0.25, 0.3) is 0 Å². The molecule has 0 aliphatic carbocycles. The number of benzene rings is 1. The summed E-state index contributed by atoms with van der Waals surface area (Å²) in [6, 6.07) is 5.92. The second kappa shape index (κ2) is 6.86. The number of carbonyl (C=O) groups is 1. The molecular formula is C16H19ClN4OS. The number of nitrogens with two attached hydrogens (primary N) is 1. The van der Waals surface area contributed by atoms with Crippen molar-refractivity contribution in [2.24, 2.45) is 5.73 Å². The van der Waals surface area contributed by atoms with Crippen LogP contribution in [-0.4, -0.2) is 42.0 Å². The Morgan fingerprint density at radius 2 is 2.09 bits per heavy atom. The van der Waals surface area contributed by atoms with Crippen molar-refractivity contribution < 1.29 is 4.79 Å². The number of aryl methyl sites for hydroxylation is 1. The van der Waals surface area contributed by atoms with Crippen molar-refractivity contribution in [3.63, 3.8) is 0 Å². The standard InChI is InChI=1S/C16H19ClN4OS/c1-11-2-3-12(17)8-14(11)20-4-6-21(7-5-20)16(22)13-10-23-15(9-18)19-13/h2-3,8,10H,4-7,9,18H2,1H3. The van der Waals surface area contributed by atoms with E-state index in [2.05, 4.69) is 16.8 Å². The fourth-order valence-corrected chi connectivity index (χ4v) is 3.55. The Morgan fingerprint density at radius 3 is 2.74 bits per heavy atom. The molecule has 1 aliphatic heterocycles. The van der Waals surface area contributed by atoms with Crippen LogP contribution < -0.4 is 10.6 Å². The lowest BCUT2D eigenvalue weighted by atomic mass is 10.1. The molecule has 1 aliphatic rings. The molecule has 0 spiro atoms. The van der Waals surface area contributed by atoms with E-state index in [0.717, 1.165) is 28.8 Å². The summed E-state index contributed by atoms with van der Waals surface area (Å²) in [6.45, 7) is 5.40. The summed E-state index contributed by atoms with van der Waals surface area (Å²) in [6.07, 6.45) is 0. The second-order valence-corrected chi connectivity index (χ2v) is 6.92. The monoisotopic (exact) mass is 350 g/mol. The van der Waals surface area contributed by atoms with Gasteiger partial charge in [-0.1, -0.05) is 17.7 Å². The lowest BCUT2D eigenvalue weighted by molar-refractivity contribution is 0.0741. The number of nitrogens with zero attached hydrogens (tertiary/aromatic N) is 3. The number of aromatic nitrogens is 1. The average Bonchev–Trinajstić information content (AvgIpc) is 3.06. The number of anilines is 1. The minimum Gasteiger partial charge on any atom is -0.368 e. The topological polar surface area (TPSA) is 62.5 Å². The number of thiazole rings is 1. The summed E-state index contributed by atoms with van der Waals surface area (Å²) in [7, 11) is 0. The molecular weight excluding hydrogens is 332 g/mol. The van der Waals surface area contributed by atoms with Crippen LogP contribution in [0.2, 0.25) is 5.02 Å². The van der Waals surface area contributed by atoms with Crippen LogP contribution >= 0.6 is 22.9 Å². The number of hydrogen-bond acceptors (Lipinski definition) is 5. The van der Waals surface area contributed by atoms with Gasteiger partial charge in [0.25, 0.3) is 5.91 Å². The summed E-state index contributed by atoms with van der Waals surface area (Å²) in [4.78, 5) is 20.9. The van der Waals surface area contributed by atoms with Crippen LogP contribution in [-0.2, 0) is 6.54 Å². The van der Waals surface area contributed by atoms with Crippen molar-refractivity contribution in [1.29, 1.82) is 0 Å². The zero-order valence-corrected chi connectivity index (χ0v) is 14.5. The summed E-state index contributed by atoms with van der Waals surface area (Å²) < 4.78 is 0. The number of hydrogen-bond donors (Lipinski definition) is 1. The number of carbonyl (C=O) groups excluding carboxylic acids is 1. The van der Waals surface area contributed by atoms with E-state index in [9.17, 15) is 4.79 Å². The maximum atomic E-state index is 12.5. The summed E-state index contributed by atoms with van der Waals surface area (Å²) in [5.74, 6) is -0.0107. The quantitative estimate of drug-likeness (QED) is 0.924. The maximum Gasteiger partial charge on any atom is 0.273 e. The normalized spacial score (nSPS) is 15.1. The van der Waals surface area contributed by atoms with Gasteiger partial charge in [-0.2, -0.15) is 0 Å². The van der Waals surface area contributed by atoms with E-state index >= 15 is 0 Å². The lowest BCUT2D eigenvalue weighted by Crippen LogP contribution is -2.49. The Hall–Kier alpha value is -1.63. The lowest BCUT2D eigenvalue weighted by Gasteiger charge is -2.36. The van der Waals surface area contributed by atoms with Gasteiger partial charge in [-0.25, -0.2) is 4.98 Å². The van der Waals surface area contributed by atoms with E-state index in [-0.39, 0.29) is 5.91 Å². The molecule has 2 heterocycles. The van der Waals surface area contributed by atoms with Gasteiger partial charge in [-0.15, -0.1) is 11.3 Å². The van der Waals surface area contributed by atoms with E-state index in [1.54, 1.807) is 5.38 Å². The van der Waals surface area contributed by atoms with Gasteiger partial charge >= 0.3 is 0 Å². The Balaban J connectivity index is 1.66. The minimum absolute atomic E-state index is 0.0107. The largest absolute Gasteiger partial charge is 0.368 e. The van der Waals surface area contributed by atoms with Gasteiger partial charge < -0.3 is 15.5 Å². The van der Waals surface area contributed by atoms with Crippen molar-refractivity contribution in [3.05, 3.63) is 44.9 Å². The van der Waals surface area contributed by atoms with E-state index in [4.69, 9.17) is 17.3 Å². The third kappa shape index (κ3) is 3.49. The molecule has 5 nitrogen and oxygen atoms in total. The van der Waals surface area contributed by atoms with Gasteiger partial charge in [0.2, 0.25) is 0 Å². The van der Waals surface area contributed by atoms with Gasteiger partial charge in [-0.3, -0.25) is 4.79 Å². The van der Waals surface area contributed by atoms with E-state index in [1.807, 2.05) is 23.1 Å². The van der Waals surface area contributed by atoms with Crippen molar-refractivity contribution >= 4 is 34.5 Å². The van der Waals surface area contributed by atoms with Crippen molar-refractivity contribution in [2.45, 2.75) is 13.5 Å². The third-order valence-electron chi connectivity index (χ3n) is 4.02. The molecule has 0 unspecified atom stereocenters. The van der Waals surface area contributed by atoms with Crippen molar-refractivity contribution in [1.82, 2.24) is 9.88 Å². The first-order valence-corrected chi connectivity index (χ1v) is 8.79. The maximum absolute atomic E-state index is 12.5. The van der Waals surface area contributed by atoms with Crippen molar-refractivity contribution in [3.8, 4) is 0 Å². The molecule has 0 radical (unpaired) electrons. The molecule has 1 amide bonds. The van der Waals surface area contributed by atoms with Crippen LogP contribution in [0.1, 0.15) is 21.1 Å². The fraction of sp³-hybridized carbons (Fsp3) is 0.375. The molecule has 2 aromatic rings. The Labute approximate surface area is 144 Å². The van der Waals surface area contributed by atoms with Crippen LogP contribution in [0.5, 0.6) is 0 Å². The van der Waals surface area contributed by atoms with Gasteiger partial charge in [-0.05, 0) is 24.6 Å². The summed E-state index contributed by atoms with van der Waals surface area (Å²) in [5.41, 5.74) is 8.40. The molecule has 23 heavy (non-hydrogen) atoms. The molecule has 1 saturated heterocycles. The predicted molar refractivity (Wildman–Crippen MR) is 94.3 cm³/mol. The first-order valence-electron chi connectivity index (χ1n) is 7.53. The van der Waals surface area contributed by atoms with Gasteiger partial charge in [0.15, 0.2) is 0 Å². The molecule has 7 heteroatoms. The third-order valence-corrected chi connectivity index (χ3v) is 5.13. The van der Waals surface area contributed by atoms with Gasteiger partial charge in [0, 0.05) is 48.8 Å². The highest BCUT2D eigenvalue weighted by molar-refractivity contribution is 7.09. The predicted octanol–water partition coefficient (Wildman–Crippen LogP) is 2.53. The molecule has 0 bridgehead atoms. The van der Waals surface area contributed by atoms with Crippen LogP contribution in [0.4, 0.5) is 5.69 Å². The smallest absolute Gasteiger partial charge is 0.273 e. The Bertz CT molecular complexity index is 710. The highest BCUT2D eigenvalue weighted by Gasteiger charge is 2.24. The van der Waals surface area contributed by atoms with E-state index < -0.39 is 0 Å². The number of piperazine rings is 1. The molecule has 122 valence electrons. The SMILES string of the molecule is Cc1ccc(Cl)cc1N1CCN(C(=O)c2csc(CN)n2)CC1. The molecule has 3 rings (SSSR count). The Morgan fingerprint density at radius 1 is 1.35 bits per heavy atom. The van der Waals surface area contributed by atoms with Crippen LogP contribution in [0.15, 0.2) is 23.6 Å². The van der Waals surface area contributed by atoms with Gasteiger partial charge in [0.1, 0.15) is 10.7 Å². The number of rotatable bonds is 3. The highest BCUT2D eigenvalue weighted by atomic mass is 35.5. The van der Waals surface area contributed by atoms with E-state index in [0.29, 0.717) is 25.3 Å². The van der Waals surface area contributed by atoms with Crippen molar-refractivity contribution in [2.75, 3.05) is 31.1 Å². The van der Waals surface area contributed by atoms with Crippen LogP contribution in [0, 0.1) is 6.92 Å². The molecule has 1 fully saturated rings. The first kappa shape index (κ1) is 16.2. The average molecular weight is 351 g/mol. The molecule has 0 atom stereocenters. The molecule has 1 aromatic carbocycles. The highest BCUT2D eigenvalue weighted by Crippen LogP contribution is 2.25. The zero-order valence-electron chi connectivity index (χ0n) is 13.0. The number of amides is 1.